The number of rotatable bonds is 8. The molecule has 1 fully saturated rings. The maximum atomic E-state index is 12.4. The number of nitrogens with zero attached hydrogens (tertiary/aromatic N) is 1. The quantitative estimate of drug-likeness (QED) is 0.228. The summed E-state index contributed by atoms with van der Waals surface area (Å²) in [7, 11) is 1.62. The normalized spacial score (nSPS) is 19.4. The first-order valence-corrected chi connectivity index (χ1v) is 13.2. The largest absolute Gasteiger partial charge is 0.497 e. The van der Waals surface area contributed by atoms with Gasteiger partial charge in [-0.3, -0.25) is 14.3 Å². The van der Waals surface area contributed by atoms with Gasteiger partial charge in [-0.2, -0.15) is 0 Å². The van der Waals surface area contributed by atoms with Gasteiger partial charge in [-0.1, -0.05) is 72.8 Å². The van der Waals surface area contributed by atoms with Gasteiger partial charge in [0.05, 0.1) is 23.4 Å². The van der Waals surface area contributed by atoms with Gasteiger partial charge in [-0.25, -0.2) is 4.79 Å². The number of halogens is 1. The number of ether oxygens (including phenoxy) is 3. The van der Waals surface area contributed by atoms with Crippen molar-refractivity contribution in [3.05, 3.63) is 132 Å². The second-order valence-corrected chi connectivity index (χ2v) is 10.2. The average molecular weight is 626 g/mol. The number of nitrogens with one attached hydrogen (secondary N) is 1. The van der Waals surface area contributed by atoms with Gasteiger partial charge >= 0.3 is 5.69 Å². The molecule has 0 unspecified atom stereocenters. The molecule has 5 rings (SSSR count). The minimum absolute atomic E-state index is 0.0443. The Bertz CT molecular complexity index is 1450. The molecule has 9 heteroatoms. The molecular weight excluding hydrogens is 599 g/mol. The van der Waals surface area contributed by atoms with Crippen LogP contribution in [0, 0.1) is 3.57 Å². The van der Waals surface area contributed by atoms with Crippen LogP contribution in [-0.2, 0) is 15.1 Å². The Morgan fingerprint density at radius 1 is 0.974 bits per heavy atom. The van der Waals surface area contributed by atoms with Crippen molar-refractivity contribution in [2.75, 3.05) is 13.7 Å². The third-order valence-electron chi connectivity index (χ3n) is 6.76. The topological polar surface area (TPSA) is 103 Å². The number of methoxy groups -OCH3 is 1. The van der Waals surface area contributed by atoms with Crippen LogP contribution in [0.5, 0.6) is 5.75 Å². The van der Waals surface area contributed by atoms with Gasteiger partial charge in [0.15, 0.2) is 0 Å². The van der Waals surface area contributed by atoms with E-state index in [1.54, 1.807) is 7.11 Å². The molecule has 0 bridgehead atoms. The van der Waals surface area contributed by atoms with E-state index in [4.69, 9.17) is 14.2 Å². The Morgan fingerprint density at radius 2 is 1.55 bits per heavy atom. The zero-order chi connectivity index (χ0) is 26.7. The number of H-pyrrole nitrogens is 1. The molecule has 3 aromatic carbocycles. The molecule has 2 heterocycles. The molecule has 1 saturated heterocycles. The Labute approximate surface area is 233 Å². The van der Waals surface area contributed by atoms with Crippen molar-refractivity contribution in [3.8, 4) is 5.75 Å². The molecule has 1 aliphatic heterocycles. The fourth-order valence-corrected chi connectivity index (χ4v) is 5.27. The molecule has 4 aromatic rings. The Kier molecular flexibility index (Phi) is 7.80. The van der Waals surface area contributed by atoms with Gasteiger partial charge in [-0.15, -0.1) is 0 Å². The molecule has 3 atom stereocenters. The van der Waals surface area contributed by atoms with Crippen LogP contribution in [0.4, 0.5) is 0 Å². The van der Waals surface area contributed by atoms with Crippen LogP contribution < -0.4 is 16.0 Å². The number of aliphatic hydroxyl groups excluding tert-OH is 1. The average Bonchev–Trinajstić information content (AvgIpc) is 3.32. The van der Waals surface area contributed by atoms with Crippen LogP contribution in [0.3, 0.4) is 0 Å². The van der Waals surface area contributed by atoms with Crippen LogP contribution in [0.25, 0.3) is 0 Å². The van der Waals surface area contributed by atoms with Crippen LogP contribution in [0.2, 0.25) is 0 Å². The third kappa shape index (κ3) is 5.06. The van der Waals surface area contributed by atoms with Crippen LogP contribution in [0.1, 0.15) is 29.3 Å². The first-order valence-electron chi connectivity index (χ1n) is 12.2. The summed E-state index contributed by atoms with van der Waals surface area (Å²) in [6, 6.07) is 27.5. The lowest BCUT2D eigenvalue weighted by Crippen LogP contribution is -2.38. The number of hydrogen-bond acceptors (Lipinski definition) is 6. The molecule has 0 spiro atoms. The molecule has 0 radical (unpaired) electrons. The predicted octanol–water partition coefficient (Wildman–Crippen LogP) is 3.81. The fraction of sp³-hybridized carbons (Fsp3) is 0.241. The van der Waals surface area contributed by atoms with Gasteiger partial charge in [0.25, 0.3) is 5.56 Å². The number of hydrogen-bond donors (Lipinski definition) is 2. The lowest BCUT2D eigenvalue weighted by molar-refractivity contribution is -0.0944. The molecule has 2 N–H and O–H groups in total. The fourth-order valence-electron chi connectivity index (χ4n) is 4.84. The van der Waals surface area contributed by atoms with Gasteiger partial charge < -0.3 is 19.3 Å². The van der Waals surface area contributed by atoms with Crippen molar-refractivity contribution in [3.63, 3.8) is 0 Å². The predicted molar refractivity (Wildman–Crippen MR) is 150 cm³/mol. The van der Waals surface area contributed by atoms with E-state index in [2.05, 4.69) is 4.98 Å². The Morgan fingerprint density at radius 3 is 2.13 bits per heavy atom. The summed E-state index contributed by atoms with van der Waals surface area (Å²) in [5.74, 6) is 0.724. The summed E-state index contributed by atoms with van der Waals surface area (Å²) in [6.07, 6.45) is -0.696. The molecule has 0 amide bonds. The molecule has 1 aromatic heterocycles. The van der Waals surface area contributed by atoms with Gasteiger partial charge in [0, 0.05) is 12.6 Å². The van der Waals surface area contributed by atoms with Crippen LogP contribution in [0.15, 0.2) is 101 Å². The van der Waals surface area contributed by atoms with E-state index < -0.39 is 35.3 Å². The van der Waals surface area contributed by atoms with Crippen molar-refractivity contribution in [1.82, 2.24) is 9.55 Å². The van der Waals surface area contributed by atoms with E-state index >= 15 is 0 Å². The lowest BCUT2D eigenvalue weighted by Gasteiger charge is -2.37. The highest BCUT2D eigenvalue weighted by atomic mass is 127. The third-order valence-corrected chi connectivity index (χ3v) is 7.53. The minimum atomic E-state index is -1.01. The summed E-state index contributed by atoms with van der Waals surface area (Å²) in [4.78, 5) is 26.5. The van der Waals surface area contributed by atoms with Crippen molar-refractivity contribution in [2.45, 2.75) is 30.5 Å². The zero-order valence-corrected chi connectivity index (χ0v) is 22.8. The molecule has 0 aliphatic carbocycles. The molecule has 0 saturated carbocycles. The monoisotopic (exact) mass is 626 g/mol. The summed E-state index contributed by atoms with van der Waals surface area (Å²) >= 11 is 1.86. The Balaban J connectivity index is 1.52. The second kappa shape index (κ2) is 11.2. The standard InChI is InChI=1S/C29H27IN2O6/c1-36-22-14-12-21(13-15-22)29(19-8-4-2-5-9-19,20-10-6-3-7-11-20)37-18-25-24(33)16-26(38-25)32-17-23(30)27(34)31-28(32)35/h2-15,17,24-26,33H,16,18H2,1H3,(H,31,34,35)/t24-,25+,26+/m0/s1. The summed E-state index contributed by atoms with van der Waals surface area (Å²) in [6.45, 7) is 0.0443. The molecule has 8 nitrogen and oxygen atoms in total. The zero-order valence-electron chi connectivity index (χ0n) is 20.6. The second-order valence-electron chi connectivity index (χ2n) is 9.03. The molecular formula is C29H27IN2O6. The number of aliphatic hydroxyl groups is 1. The van der Waals surface area contributed by atoms with E-state index in [1.807, 2.05) is 108 Å². The van der Waals surface area contributed by atoms with Crippen LogP contribution >= 0.6 is 22.6 Å². The SMILES string of the molecule is COc1ccc(C(OC[C@H]2O[C@@H](n3cc(I)c(=O)[nH]c3=O)C[C@@H]2O)(c2ccccc2)c2ccccc2)cc1. The number of benzene rings is 3. The van der Waals surface area contributed by atoms with Crippen molar-refractivity contribution >= 4 is 22.6 Å². The summed E-state index contributed by atoms with van der Waals surface area (Å²) in [5, 5.41) is 10.9. The first-order chi connectivity index (χ1) is 18.4. The van der Waals surface area contributed by atoms with E-state index in [-0.39, 0.29) is 13.0 Å². The molecule has 1 aliphatic rings. The van der Waals surface area contributed by atoms with E-state index in [9.17, 15) is 14.7 Å². The first kappa shape index (κ1) is 26.4. The Hall–Kier alpha value is -3.25. The van der Waals surface area contributed by atoms with Gasteiger partial charge in [-0.05, 0) is 51.4 Å². The molecule has 38 heavy (non-hydrogen) atoms. The highest BCUT2D eigenvalue weighted by molar-refractivity contribution is 14.1. The highest BCUT2D eigenvalue weighted by Crippen LogP contribution is 2.42. The highest BCUT2D eigenvalue weighted by Gasteiger charge is 2.42. The minimum Gasteiger partial charge on any atom is -0.497 e. The van der Waals surface area contributed by atoms with Crippen molar-refractivity contribution in [1.29, 1.82) is 0 Å². The maximum absolute atomic E-state index is 12.4. The van der Waals surface area contributed by atoms with E-state index in [0.717, 1.165) is 22.4 Å². The summed E-state index contributed by atoms with van der Waals surface area (Å²) in [5.41, 5.74) is 0.639. The summed E-state index contributed by atoms with van der Waals surface area (Å²) < 4.78 is 20.0. The van der Waals surface area contributed by atoms with Crippen molar-refractivity contribution in [2.24, 2.45) is 0 Å². The van der Waals surface area contributed by atoms with Crippen molar-refractivity contribution < 1.29 is 19.3 Å². The van der Waals surface area contributed by atoms with E-state index in [0.29, 0.717) is 3.57 Å². The molecule has 196 valence electrons. The van der Waals surface area contributed by atoms with Gasteiger partial charge in [0.2, 0.25) is 0 Å². The number of aromatic amines is 1. The smallest absolute Gasteiger partial charge is 0.330 e. The lowest BCUT2D eigenvalue weighted by atomic mass is 9.80. The van der Waals surface area contributed by atoms with Crippen LogP contribution in [-0.4, -0.2) is 40.6 Å². The van der Waals surface area contributed by atoms with E-state index in [1.165, 1.54) is 10.8 Å². The maximum Gasteiger partial charge on any atom is 0.330 e. The number of aromatic nitrogens is 2. The van der Waals surface area contributed by atoms with Gasteiger partial charge in [0.1, 0.15) is 23.7 Å².